The van der Waals surface area contributed by atoms with Crippen LogP contribution in [0.5, 0.6) is 11.5 Å². The summed E-state index contributed by atoms with van der Waals surface area (Å²) in [4.78, 5) is 0. The van der Waals surface area contributed by atoms with Crippen LogP contribution in [0.4, 0.5) is 0 Å². The van der Waals surface area contributed by atoms with Gasteiger partial charge in [-0.3, -0.25) is 0 Å². The van der Waals surface area contributed by atoms with E-state index in [0.717, 1.165) is 0 Å². The summed E-state index contributed by atoms with van der Waals surface area (Å²) in [5, 5.41) is 19.7. The molecule has 2 aromatic carbocycles. The van der Waals surface area contributed by atoms with Crippen molar-refractivity contribution in [1.29, 1.82) is 0 Å². The first-order chi connectivity index (χ1) is 12.2. The zero-order chi connectivity index (χ0) is 19.9. The number of aliphatic hydroxyl groups is 2. The molecule has 2 aromatic rings. The highest BCUT2D eigenvalue weighted by Crippen LogP contribution is 2.37. The van der Waals surface area contributed by atoms with E-state index in [-0.39, 0.29) is 10.0 Å². The molecule has 0 spiro atoms. The third-order valence-electron chi connectivity index (χ3n) is 2.83. The zero-order valence-electron chi connectivity index (χ0n) is 13.8. The first-order valence-corrected chi connectivity index (χ1v) is 9.33. The van der Waals surface area contributed by atoms with Crippen LogP contribution in [0.25, 0.3) is 0 Å². The molecule has 0 aromatic heterocycles. The highest BCUT2D eigenvalue weighted by Gasteiger charge is 2.11. The van der Waals surface area contributed by atoms with Gasteiger partial charge in [-0.05, 0) is 31.2 Å². The molecule has 2 N–H and O–H groups in total. The van der Waals surface area contributed by atoms with Gasteiger partial charge in [0.1, 0.15) is 21.5 Å². The number of halogens is 5. The van der Waals surface area contributed by atoms with Crippen molar-refractivity contribution in [3.63, 3.8) is 0 Å². The van der Waals surface area contributed by atoms with Gasteiger partial charge in [0.2, 0.25) is 0 Å². The molecule has 0 aliphatic rings. The molecule has 0 saturated carbocycles. The Kier molecular flexibility index (Phi) is 10.2. The fourth-order valence-corrected chi connectivity index (χ4v) is 2.50. The van der Waals surface area contributed by atoms with Crippen LogP contribution in [0.1, 0.15) is 20.3 Å². The van der Waals surface area contributed by atoms with Crippen molar-refractivity contribution >= 4 is 58.0 Å². The highest BCUT2D eigenvalue weighted by atomic mass is 35.5. The average molecular weight is 463 g/mol. The molecular weight excluding hydrogens is 445 g/mol. The lowest BCUT2D eigenvalue weighted by molar-refractivity contribution is -0.0190. The van der Waals surface area contributed by atoms with Gasteiger partial charge < -0.3 is 19.7 Å². The fourth-order valence-electron chi connectivity index (χ4n) is 1.59. The van der Waals surface area contributed by atoms with E-state index in [2.05, 4.69) is 0 Å². The van der Waals surface area contributed by atoms with Crippen LogP contribution >= 0.6 is 58.0 Å². The monoisotopic (exact) mass is 460 g/mol. The lowest BCUT2D eigenvalue weighted by Gasteiger charge is -2.12. The van der Waals surface area contributed by atoms with Crippen molar-refractivity contribution in [2.75, 3.05) is 0 Å². The standard InChI is InChI=1S/C9H10Cl2O2.C8H7Cl3O2/c1-2-8(12)13-7-5-3-4-6(10)9(7)11;1-4(12)13-6-3-2-5(9)7(10)8(6)11/h3-5,8,12H,2H2,1H3;2-4,12H,1H3. The van der Waals surface area contributed by atoms with Crippen molar-refractivity contribution in [3.8, 4) is 11.5 Å². The third kappa shape index (κ3) is 7.20. The molecule has 0 amide bonds. The Labute approximate surface area is 177 Å². The predicted molar refractivity (Wildman–Crippen MR) is 107 cm³/mol. The second-order valence-electron chi connectivity index (χ2n) is 4.92. The van der Waals surface area contributed by atoms with Crippen molar-refractivity contribution in [3.05, 3.63) is 55.4 Å². The Morgan fingerprint density at radius 1 is 0.808 bits per heavy atom. The van der Waals surface area contributed by atoms with Gasteiger partial charge in [0.25, 0.3) is 0 Å². The molecule has 0 bridgehead atoms. The van der Waals surface area contributed by atoms with Crippen LogP contribution in [0.3, 0.4) is 0 Å². The summed E-state index contributed by atoms with van der Waals surface area (Å²) in [7, 11) is 0. The fraction of sp³-hybridized carbons (Fsp3) is 0.294. The molecule has 0 radical (unpaired) electrons. The minimum atomic E-state index is -0.935. The minimum absolute atomic E-state index is 0.204. The van der Waals surface area contributed by atoms with Gasteiger partial charge >= 0.3 is 0 Å². The summed E-state index contributed by atoms with van der Waals surface area (Å²) >= 11 is 28.8. The Balaban J connectivity index is 0.000000260. The van der Waals surface area contributed by atoms with Crippen molar-refractivity contribution in [2.24, 2.45) is 0 Å². The molecule has 0 saturated heterocycles. The van der Waals surface area contributed by atoms with Crippen molar-refractivity contribution < 1.29 is 19.7 Å². The van der Waals surface area contributed by atoms with E-state index in [0.29, 0.717) is 33.0 Å². The first-order valence-electron chi connectivity index (χ1n) is 7.44. The van der Waals surface area contributed by atoms with E-state index in [1.54, 1.807) is 30.3 Å². The van der Waals surface area contributed by atoms with Crippen LogP contribution in [0.2, 0.25) is 25.1 Å². The third-order valence-corrected chi connectivity index (χ3v) is 4.90. The van der Waals surface area contributed by atoms with Gasteiger partial charge in [-0.25, -0.2) is 0 Å². The van der Waals surface area contributed by atoms with E-state index in [4.69, 9.17) is 72.6 Å². The number of rotatable bonds is 5. The van der Waals surface area contributed by atoms with E-state index in [9.17, 15) is 5.11 Å². The Hall–Kier alpha value is -0.590. The van der Waals surface area contributed by atoms with Gasteiger partial charge in [0, 0.05) is 6.42 Å². The van der Waals surface area contributed by atoms with E-state index in [1.165, 1.54) is 6.92 Å². The predicted octanol–water partition coefficient (Wildman–Crippen LogP) is 6.46. The Morgan fingerprint density at radius 2 is 1.38 bits per heavy atom. The molecule has 0 fully saturated rings. The van der Waals surface area contributed by atoms with Crippen molar-refractivity contribution in [1.82, 2.24) is 0 Å². The smallest absolute Gasteiger partial charge is 0.197 e. The van der Waals surface area contributed by atoms with Crippen LogP contribution < -0.4 is 9.47 Å². The minimum Gasteiger partial charge on any atom is -0.464 e. The highest BCUT2D eigenvalue weighted by molar-refractivity contribution is 6.48. The normalized spacial score (nSPS) is 12.7. The molecule has 2 atom stereocenters. The number of benzene rings is 2. The van der Waals surface area contributed by atoms with Crippen LogP contribution in [-0.4, -0.2) is 22.8 Å². The average Bonchev–Trinajstić information content (AvgIpc) is 2.59. The molecule has 4 nitrogen and oxygen atoms in total. The number of aliphatic hydroxyl groups excluding tert-OH is 2. The maximum Gasteiger partial charge on any atom is 0.197 e. The molecule has 2 unspecified atom stereocenters. The Morgan fingerprint density at radius 3 is 1.96 bits per heavy atom. The quantitative estimate of drug-likeness (QED) is 0.395. The number of hydrogen-bond donors (Lipinski definition) is 2. The summed E-state index contributed by atoms with van der Waals surface area (Å²) in [6.07, 6.45) is -1.27. The van der Waals surface area contributed by atoms with Gasteiger partial charge in [0.15, 0.2) is 12.6 Å². The summed E-state index contributed by atoms with van der Waals surface area (Å²) in [5.41, 5.74) is 0. The molecule has 9 heteroatoms. The SMILES string of the molecule is CC(O)Oc1ccc(Cl)c(Cl)c1Cl.CCC(O)Oc1cccc(Cl)c1Cl. The molecule has 26 heavy (non-hydrogen) atoms. The second-order valence-corrected chi connectivity index (χ2v) is 6.87. The van der Waals surface area contributed by atoms with Crippen molar-refractivity contribution in [2.45, 2.75) is 32.8 Å². The molecule has 2 rings (SSSR count). The summed E-state index contributed by atoms with van der Waals surface area (Å²) in [6, 6.07) is 8.13. The maximum atomic E-state index is 9.20. The molecule has 144 valence electrons. The summed E-state index contributed by atoms with van der Waals surface area (Å²) in [6.45, 7) is 3.28. The molecular formula is C17H17Cl5O4. The largest absolute Gasteiger partial charge is 0.464 e. The lowest BCUT2D eigenvalue weighted by atomic mass is 10.3. The van der Waals surface area contributed by atoms with Crippen LogP contribution in [0.15, 0.2) is 30.3 Å². The Bertz CT molecular complexity index is 725. The zero-order valence-corrected chi connectivity index (χ0v) is 17.6. The first kappa shape index (κ1) is 23.4. The topological polar surface area (TPSA) is 58.9 Å². The van der Waals surface area contributed by atoms with Gasteiger partial charge in [0.05, 0.1) is 15.1 Å². The van der Waals surface area contributed by atoms with E-state index in [1.807, 2.05) is 6.92 Å². The second kappa shape index (κ2) is 11.3. The summed E-state index contributed by atoms with van der Waals surface area (Å²) < 4.78 is 10.1. The van der Waals surface area contributed by atoms with Gasteiger partial charge in [-0.2, -0.15) is 0 Å². The van der Waals surface area contributed by atoms with E-state index >= 15 is 0 Å². The lowest BCUT2D eigenvalue weighted by Crippen LogP contribution is -2.13. The number of hydrogen-bond acceptors (Lipinski definition) is 4. The van der Waals surface area contributed by atoms with Crippen LogP contribution in [-0.2, 0) is 0 Å². The molecule has 0 heterocycles. The number of ether oxygens (including phenoxy) is 2. The van der Waals surface area contributed by atoms with Crippen LogP contribution in [0, 0.1) is 0 Å². The maximum absolute atomic E-state index is 9.20. The van der Waals surface area contributed by atoms with E-state index < -0.39 is 12.6 Å². The van der Waals surface area contributed by atoms with Gasteiger partial charge in [-0.15, -0.1) is 0 Å². The molecule has 0 aliphatic carbocycles. The molecule has 0 aliphatic heterocycles. The van der Waals surface area contributed by atoms with Gasteiger partial charge in [-0.1, -0.05) is 71.0 Å². The summed E-state index contributed by atoms with van der Waals surface area (Å²) in [5.74, 6) is 0.717.